The van der Waals surface area contributed by atoms with Gasteiger partial charge in [0.1, 0.15) is 11.3 Å². The summed E-state index contributed by atoms with van der Waals surface area (Å²) in [7, 11) is 0. The highest BCUT2D eigenvalue weighted by Crippen LogP contribution is 2.38. The molecule has 0 radical (unpaired) electrons. The Labute approximate surface area is 189 Å². The number of imide groups is 1. The lowest BCUT2D eigenvalue weighted by molar-refractivity contribution is -0.135. The van der Waals surface area contributed by atoms with Gasteiger partial charge in [-0.3, -0.25) is 19.5 Å². The maximum Gasteiger partial charge on any atom is 0.330 e. The maximum absolute atomic E-state index is 13.8. The first kappa shape index (κ1) is 23.0. The van der Waals surface area contributed by atoms with Crippen molar-refractivity contribution < 1.29 is 23.8 Å². The van der Waals surface area contributed by atoms with Gasteiger partial charge in [-0.2, -0.15) is 0 Å². The topological polar surface area (TPSA) is 74.8 Å². The van der Waals surface area contributed by atoms with Crippen molar-refractivity contribution in [3.8, 4) is 5.75 Å². The van der Waals surface area contributed by atoms with Crippen LogP contribution < -0.4 is 4.74 Å². The minimum absolute atomic E-state index is 0.190. The van der Waals surface area contributed by atoms with Crippen LogP contribution in [-0.2, 0) is 19.8 Å². The standard InChI is InChI=1S/C23H34N4O5/c1-3-12-32-20-6-4-19(5-7-20)23(2)21(28)26(17-24-8-13-30-14-9-24)22(29)27(23)18-25-10-15-31-16-11-25/h4-7H,3,8-18H2,1-2H3/t23-/m0/s1. The zero-order valence-corrected chi connectivity index (χ0v) is 19.1. The molecule has 0 bridgehead atoms. The first-order valence-corrected chi connectivity index (χ1v) is 11.5. The van der Waals surface area contributed by atoms with E-state index in [0.29, 0.717) is 52.8 Å². The van der Waals surface area contributed by atoms with Gasteiger partial charge in [0.25, 0.3) is 5.91 Å². The molecule has 3 heterocycles. The summed E-state index contributed by atoms with van der Waals surface area (Å²) >= 11 is 0. The van der Waals surface area contributed by atoms with E-state index in [-0.39, 0.29) is 18.6 Å². The number of urea groups is 1. The van der Waals surface area contributed by atoms with E-state index in [1.165, 1.54) is 4.90 Å². The van der Waals surface area contributed by atoms with E-state index in [1.807, 2.05) is 31.2 Å². The number of morpholine rings is 2. The number of hydrogen-bond donors (Lipinski definition) is 0. The number of nitrogens with zero attached hydrogens (tertiary/aromatic N) is 4. The Morgan fingerprint density at radius 1 is 0.906 bits per heavy atom. The second-order valence-electron chi connectivity index (χ2n) is 8.63. The lowest BCUT2D eigenvalue weighted by Crippen LogP contribution is -2.51. The SMILES string of the molecule is CCCOc1ccc([C@@]2(C)C(=O)N(CN3CCOCC3)C(=O)N2CN2CCOCC2)cc1. The first-order chi connectivity index (χ1) is 15.5. The molecule has 0 spiro atoms. The summed E-state index contributed by atoms with van der Waals surface area (Å²) < 4.78 is 16.6. The second-order valence-corrected chi connectivity index (χ2v) is 8.63. The Hall–Kier alpha value is -2.20. The van der Waals surface area contributed by atoms with E-state index < -0.39 is 5.54 Å². The lowest BCUT2D eigenvalue weighted by atomic mass is 9.90. The van der Waals surface area contributed by atoms with Crippen LogP contribution in [0.25, 0.3) is 0 Å². The minimum Gasteiger partial charge on any atom is -0.494 e. The fourth-order valence-corrected chi connectivity index (χ4v) is 4.39. The molecular formula is C23H34N4O5. The van der Waals surface area contributed by atoms with Crippen molar-refractivity contribution in [2.45, 2.75) is 25.8 Å². The summed E-state index contributed by atoms with van der Waals surface area (Å²) in [5.74, 6) is 0.574. The van der Waals surface area contributed by atoms with Crippen LogP contribution >= 0.6 is 0 Å². The Bertz CT molecular complexity index is 792. The van der Waals surface area contributed by atoms with Gasteiger partial charge in [-0.05, 0) is 31.0 Å². The van der Waals surface area contributed by atoms with Crippen LogP contribution in [0.2, 0.25) is 0 Å². The molecule has 1 aromatic rings. The van der Waals surface area contributed by atoms with Crippen molar-refractivity contribution in [3.05, 3.63) is 29.8 Å². The average Bonchev–Trinajstić information content (AvgIpc) is 3.01. The quantitative estimate of drug-likeness (QED) is 0.561. The van der Waals surface area contributed by atoms with Crippen molar-refractivity contribution in [2.24, 2.45) is 0 Å². The van der Waals surface area contributed by atoms with E-state index in [2.05, 4.69) is 16.7 Å². The van der Waals surface area contributed by atoms with Gasteiger partial charge in [-0.1, -0.05) is 19.1 Å². The largest absolute Gasteiger partial charge is 0.494 e. The molecule has 0 saturated carbocycles. The van der Waals surface area contributed by atoms with E-state index in [4.69, 9.17) is 14.2 Å². The van der Waals surface area contributed by atoms with Crippen LogP contribution in [0.4, 0.5) is 4.79 Å². The highest BCUT2D eigenvalue weighted by molar-refractivity contribution is 6.07. The number of carbonyl (C=O) groups excluding carboxylic acids is 2. The molecule has 9 nitrogen and oxygen atoms in total. The van der Waals surface area contributed by atoms with Crippen molar-refractivity contribution >= 4 is 11.9 Å². The fraction of sp³-hybridized carbons (Fsp3) is 0.652. The molecule has 0 unspecified atom stereocenters. The molecule has 3 aliphatic rings. The van der Waals surface area contributed by atoms with Gasteiger partial charge in [-0.15, -0.1) is 0 Å². The van der Waals surface area contributed by atoms with Crippen molar-refractivity contribution in [1.82, 2.24) is 19.6 Å². The van der Waals surface area contributed by atoms with Crippen LogP contribution in [0.15, 0.2) is 24.3 Å². The highest BCUT2D eigenvalue weighted by Gasteiger charge is 2.56. The zero-order valence-electron chi connectivity index (χ0n) is 19.1. The number of hydrogen-bond acceptors (Lipinski definition) is 7. The molecule has 0 N–H and O–H groups in total. The number of amides is 3. The van der Waals surface area contributed by atoms with E-state index in [1.54, 1.807) is 4.90 Å². The molecule has 3 amide bonds. The molecule has 0 aliphatic carbocycles. The molecule has 176 valence electrons. The van der Waals surface area contributed by atoms with Gasteiger partial charge in [-0.25, -0.2) is 9.69 Å². The van der Waals surface area contributed by atoms with E-state index in [9.17, 15) is 9.59 Å². The second kappa shape index (κ2) is 10.2. The third-order valence-electron chi connectivity index (χ3n) is 6.44. The van der Waals surface area contributed by atoms with Gasteiger partial charge in [0.2, 0.25) is 0 Å². The maximum atomic E-state index is 13.8. The predicted octanol–water partition coefficient (Wildman–Crippen LogP) is 1.53. The Morgan fingerprint density at radius 3 is 2.03 bits per heavy atom. The molecule has 3 aliphatic heterocycles. The molecule has 0 aromatic heterocycles. The van der Waals surface area contributed by atoms with Gasteiger partial charge < -0.3 is 14.2 Å². The Kier molecular flexibility index (Phi) is 7.30. The summed E-state index contributed by atoms with van der Waals surface area (Å²) in [5.41, 5.74) is -0.289. The minimum atomic E-state index is -1.08. The molecule has 32 heavy (non-hydrogen) atoms. The zero-order chi connectivity index (χ0) is 22.6. The summed E-state index contributed by atoms with van der Waals surface area (Å²) in [6.07, 6.45) is 0.927. The smallest absolute Gasteiger partial charge is 0.330 e. The summed E-state index contributed by atoms with van der Waals surface area (Å²) in [4.78, 5) is 34.7. The van der Waals surface area contributed by atoms with Crippen molar-refractivity contribution in [1.29, 1.82) is 0 Å². The average molecular weight is 447 g/mol. The number of rotatable bonds is 8. The van der Waals surface area contributed by atoms with E-state index >= 15 is 0 Å². The van der Waals surface area contributed by atoms with Gasteiger partial charge in [0, 0.05) is 26.2 Å². The van der Waals surface area contributed by atoms with Crippen LogP contribution in [0.1, 0.15) is 25.8 Å². The fourth-order valence-electron chi connectivity index (χ4n) is 4.39. The van der Waals surface area contributed by atoms with Crippen LogP contribution in [0, 0.1) is 0 Å². The monoisotopic (exact) mass is 446 g/mol. The predicted molar refractivity (Wildman–Crippen MR) is 118 cm³/mol. The molecule has 1 atom stereocenters. The third kappa shape index (κ3) is 4.61. The highest BCUT2D eigenvalue weighted by atomic mass is 16.5. The number of carbonyl (C=O) groups is 2. The van der Waals surface area contributed by atoms with Gasteiger partial charge >= 0.3 is 6.03 Å². The van der Waals surface area contributed by atoms with Gasteiger partial charge in [0.05, 0.1) is 46.4 Å². The lowest BCUT2D eigenvalue weighted by Gasteiger charge is -2.37. The van der Waals surface area contributed by atoms with Crippen LogP contribution in [-0.4, -0.2) is 104 Å². The molecule has 3 saturated heterocycles. The summed E-state index contributed by atoms with van der Waals surface area (Å²) in [5, 5.41) is 0. The Balaban J connectivity index is 1.60. The number of benzene rings is 1. The first-order valence-electron chi connectivity index (χ1n) is 11.5. The number of ether oxygens (including phenoxy) is 3. The Morgan fingerprint density at radius 2 is 1.47 bits per heavy atom. The normalized spacial score (nSPS) is 25.6. The molecule has 9 heteroatoms. The van der Waals surface area contributed by atoms with E-state index in [0.717, 1.165) is 30.8 Å². The summed E-state index contributed by atoms with van der Waals surface area (Å²) in [6.45, 7) is 10.6. The van der Waals surface area contributed by atoms with Crippen molar-refractivity contribution in [3.63, 3.8) is 0 Å². The molecule has 4 rings (SSSR count). The molecular weight excluding hydrogens is 412 g/mol. The molecule has 3 fully saturated rings. The molecule has 1 aromatic carbocycles. The van der Waals surface area contributed by atoms with Crippen LogP contribution in [0.5, 0.6) is 5.75 Å². The van der Waals surface area contributed by atoms with Crippen LogP contribution in [0.3, 0.4) is 0 Å². The van der Waals surface area contributed by atoms with Gasteiger partial charge in [0.15, 0.2) is 0 Å². The third-order valence-corrected chi connectivity index (χ3v) is 6.44. The van der Waals surface area contributed by atoms with Crippen molar-refractivity contribution in [2.75, 3.05) is 72.6 Å². The summed E-state index contributed by atoms with van der Waals surface area (Å²) in [6, 6.07) is 7.32.